The first-order chi connectivity index (χ1) is 11.2. The number of nitrogens with one attached hydrogen (secondary N) is 1. The van der Waals surface area contributed by atoms with E-state index in [0.717, 1.165) is 5.56 Å². The van der Waals surface area contributed by atoms with Gasteiger partial charge in [0.2, 0.25) is 11.8 Å². The van der Waals surface area contributed by atoms with Gasteiger partial charge in [0.25, 0.3) is 5.56 Å². The van der Waals surface area contributed by atoms with Gasteiger partial charge in [-0.25, -0.2) is 4.98 Å². The third-order valence-corrected chi connectivity index (χ3v) is 3.92. The standard InChI is InChI=1S/C17H19N3O3/c1-2-23-15-5-3-4-13(19-15)10-16(21)20-9-7-12-6-8-18-17(22)14(12)11-20/h3-6,8H,2,7,9-11H2,1H3,(H,18,22). The minimum absolute atomic E-state index is 0.0277. The summed E-state index contributed by atoms with van der Waals surface area (Å²) in [6.45, 7) is 3.41. The van der Waals surface area contributed by atoms with Crippen LogP contribution >= 0.6 is 0 Å². The van der Waals surface area contributed by atoms with Crippen molar-refractivity contribution in [2.45, 2.75) is 26.3 Å². The monoisotopic (exact) mass is 313 g/mol. The van der Waals surface area contributed by atoms with Crippen LogP contribution in [0.15, 0.2) is 35.3 Å². The molecule has 2 aromatic rings. The Morgan fingerprint density at radius 1 is 1.39 bits per heavy atom. The number of amides is 1. The van der Waals surface area contributed by atoms with E-state index in [9.17, 15) is 9.59 Å². The van der Waals surface area contributed by atoms with E-state index in [1.54, 1.807) is 17.2 Å². The first-order valence-corrected chi connectivity index (χ1v) is 7.73. The molecule has 6 heteroatoms. The van der Waals surface area contributed by atoms with Crippen LogP contribution in [0.25, 0.3) is 0 Å². The first kappa shape index (κ1) is 15.3. The maximum atomic E-state index is 12.5. The molecule has 0 unspecified atom stereocenters. The molecule has 0 saturated carbocycles. The minimum Gasteiger partial charge on any atom is -0.478 e. The second kappa shape index (κ2) is 6.64. The normalized spacial score (nSPS) is 13.5. The molecule has 0 spiro atoms. The van der Waals surface area contributed by atoms with Crippen molar-refractivity contribution >= 4 is 5.91 Å². The van der Waals surface area contributed by atoms with Gasteiger partial charge in [-0.1, -0.05) is 6.07 Å². The van der Waals surface area contributed by atoms with Gasteiger partial charge in [0.05, 0.1) is 25.3 Å². The number of carbonyl (C=O) groups is 1. The Balaban J connectivity index is 1.71. The average Bonchev–Trinajstić information content (AvgIpc) is 2.55. The summed E-state index contributed by atoms with van der Waals surface area (Å²) >= 11 is 0. The summed E-state index contributed by atoms with van der Waals surface area (Å²) in [6.07, 6.45) is 2.57. The van der Waals surface area contributed by atoms with Crippen LogP contribution in [0.5, 0.6) is 5.88 Å². The van der Waals surface area contributed by atoms with Gasteiger partial charge >= 0.3 is 0 Å². The summed E-state index contributed by atoms with van der Waals surface area (Å²) in [4.78, 5) is 33.1. The van der Waals surface area contributed by atoms with Crippen molar-refractivity contribution in [3.05, 3.63) is 57.6 Å². The Kier molecular flexibility index (Phi) is 4.41. The van der Waals surface area contributed by atoms with Gasteiger partial charge in [0, 0.05) is 24.4 Å². The van der Waals surface area contributed by atoms with Crippen LogP contribution in [-0.4, -0.2) is 33.9 Å². The molecule has 0 radical (unpaired) electrons. The van der Waals surface area contributed by atoms with E-state index in [2.05, 4.69) is 9.97 Å². The molecule has 120 valence electrons. The molecule has 0 atom stereocenters. The highest BCUT2D eigenvalue weighted by Crippen LogP contribution is 2.16. The van der Waals surface area contributed by atoms with Crippen molar-refractivity contribution in [2.24, 2.45) is 0 Å². The van der Waals surface area contributed by atoms with Gasteiger partial charge in [0.1, 0.15) is 0 Å². The number of aromatic amines is 1. The molecular formula is C17H19N3O3. The number of H-pyrrole nitrogens is 1. The van der Waals surface area contributed by atoms with Gasteiger partial charge in [-0.3, -0.25) is 9.59 Å². The number of rotatable bonds is 4. The predicted octanol–water partition coefficient (Wildman–Crippen LogP) is 1.30. The highest BCUT2D eigenvalue weighted by molar-refractivity contribution is 5.78. The predicted molar refractivity (Wildman–Crippen MR) is 85.3 cm³/mol. The molecule has 0 aliphatic carbocycles. The lowest BCUT2D eigenvalue weighted by molar-refractivity contribution is -0.131. The molecule has 23 heavy (non-hydrogen) atoms. The fraction of sp³-hybridized carbons (Fsp3) is 0.353. The molecular weight excluding hydrogens is 294 g/mol. The van der Waals surface area contributed by atoms with Crippen molar-refractivity contribution in [3.8, 4) is 5.88 Å². The quantitative estimate of drug-likeness (QED) is 0.923. The molecule has 0 bridgehead atoms. The second-order valence-corrected chi connectivity index (χ2v) is 5.45. The molecule has 1 amide bonds. The Labute approximate surface area is 134 Å². The molecule has 1 aliphatic rings. The van der Waals surface area contributed by atoms with Gasteiger partial charge in [-0.2, -0.15) is 0 Å². The van der Waals surface area contributed by atoms with E-state index >= 15 is 0 Å². The first-order valence-electron chi connectivity index (χ1n) is 7.73. The van der Waals surface area contributed by atoms with Crippen molar-refractivity contribution in [2.75, 3.05) is 13.2 Å². The molecule has 0 saturated heterocycles. The Morgan fingerprint density at radius 3 is 3.09 bits per heavy atom. The molecule has 0 aromatic carbocycles. The van der Waals surface area contributed by atoms with E-state index in [0.29, 0.717) is 43.3 Å². The van der Waals surface area contributed by atoms with Gasteiger partial charge in [-0.05, 0) is 31.0 Å². The van der Waals surface area contributed by atoms with Crippen LogP contribution in [0, 0.1) is 0 Å². The van der Waals surface area contributed by atoms with Crippen LogP contribution in [0.3, 0.4) is 0 Å². The third kappa shape index (κ3) is 3.41. The molecule has 3 rings (SSSR count). The molecule has 6 nitrogen and oxygen atoms in total. The van der Waals surface area contributed by atoms with Crippen molar-refractivity contribution in [1.29, 1.82) is 0 Å². The van der Waals surface area contributed by atoms with Crippen molar-refractivity contribution in [3.63, 3.8) is 0 Å². The Bertz CT molecular complexity index is 770. The van der Waals surface area contributed by atoms with E-state index in [4.69, 9.17) is 4.74 Å². The van der Waals surface area contributed by atoms with Gasteiger partial charge < -0.3 is 14.6 Å². The zero-order valence-corrected chi connectivity index (χ0v) is 13.0. The Hall–Kier alpha value is -2.63. The van der Waals surface area contributed by atoms with Gasteiger partial charge in [0.15, 0.2) is 0 Å². The maximum absolute atomic E-state index is 12.5. The summed E-state index contributed by atoms with van der Waals surface area (Å²) < 4.78 is 5.35. The van der Waals surface area contributed by atoms with Crippen LogP contribution in [-0.2, 0) is 24.2 Å². The number of aromatic nitrogens is 2. The number of pyridine rings is 2. The zero-order valence-electron chi connectivity index (χ0n) is 13.0. The number of nitrogens with zero attached hydrogens (tertiary/aromatic N) is 2. The molecule has 1 N–H and O–H groups in total. The lowest BCUT2D eigenvalue weighted by Gasteiger charge is -2.28. The maximum Gasteiger partial charge on any atom is 0.253 e. The molecule has 2 aromatic heterocycles. The SMILES string of the molecule is CCOc1cccc(CC(=O)N2CCc3cc[nH]c(=O)c3C2)n1. The molecule has 0 fully saturated rings. The zero-order chi connectivity index (χ0) is 16.2. The molecule has 3 heterocycles. The van der Waals surface area contributed by atoms with E-state index in [1.807, 2.05) is 25.1 Å². The highest BCUT2D eigenvalue weighted by Gasteiger charge is 2.23. The van der Waals surface area contributed by atoms with Crippen LogP contribution < -0.4 is 10.3 Å². The fourth-order valence-electron chi connectivity index (χ4n) is 2.75. The van der Waals surface area contributed by atoms with Crippen molar-refractivity contribution in [1.82, 2.24) is 14.9 Å². The van der Waals surface area contributed by atoms with Crippen LogP contribution in [0.4, 0.5) is 0 Å². The number of carbonyl (C=O) groups excluding carboxylic acids is 1. The lowest BCUT2D eigenvalue weighted by atomic mass is 10.0. The summed E-state index contributed by atoms with van der Waals surface area (Å²) in [5.41, 5.74) is 2.27. The lowest BCUT2D eigenvalue weighted by Crippen LogP contribution is -2.39. The van der Waals surface area contributed by atoms with E-state index in [1.165, 1.54) is 0 Å². The summed E-state index contributed by atoms with van der Waals surface area (Å²) in [5.74, 6) is 0.498. The molecule has 1 aliphatic heterocycles. The fourth-order valence-corrected chi connectivity index (χ4v) is 2.75. The van der Waals surface area contributed by atoms with Crippen LogP contribution in [0.2, 0.25) is 0 Å². The summed E-state index contributed by atoms with van der Waals surface area (Å²) in [5, 5.41) is 0. The minimum atomic E-state index is -0.114. The number of ether oxygens (including phenoxy) is 1. The van der Waals surface area contributed by atoms with E-state index < -0.39 is 0 Å². The Morgan fingerprint density at radius 2 is 2.26 bits per heavy atom. The summed E-state index contributed by atoms with van der Waals surface area (Å²) in [7, 11) is 0. The average molecular weight is 313 g/mol. The van der Waals surface area contributed by atoms with Gasteiger partial charge in [-0.15, -0.1) is 0 Å². The second-order valence-electron chi connectivity index (χ2n) is 5.45. The number of hydrogen-bond acceptors (Lipinski definition) is 4. The smallest absolute Gasteiger partial charge is 0.253 e. The van der Waals surface area contributed by atoms with Crippen LogP contribution in [0.1, 0.15) is 23.7 Å². The largest absolute Gasteiger partial charge is 0.478 e. The topological polar surface area (TPSA) is 75.3 Å². The highest BCUT2D eigenvalue weighted by atomic mass is 16.5. The third-order valence-electron chi connectivity index (χ3n) is 3.92. The number of hydrogen-bond donors (Lipinski definition) is 1. The number of fused-ring (bicyclic) bond motifs is 1. The summed E-state index contributed by atoms with van der Waals surface area (Å²) in [6, 6.07) is 7.32. The van der Waals surface area contributed by atoms with E-state index in [-0.39, 0.29) is 17.9 Å². The van der Waals surface area contributed by atoms with Crippen molar-refractivity contribution < 1.29 is 9.53 Å².